The summed E-state index contributed by atoms with van der Waals surface area (Å²) in [5.41, 5.74) is 2.44. The summed E-state index contributed by atoms with van der Waals surface area (Å²) in [5, 5.41) is 2.55. The zero-order chi connectivity index (χ0) is 14.7. The Morgan fingerprint density at radius 3 is 2.48 bits per heavy atom. The molecular weight excluding hydrogens is 324 g/mol. The van der Waals surface area contributed by atoms with Crippen LogP contribution in [-0.2, 0) is 13.0 Å². The van der Waals surface area contributed by atoms with Crippen LogP contribution in [0.3, 0.4) is 0 Å². The van der Waals surface area contributed by atoms with Crippen molar-refractivity contribution < 1.29 is 4.74 Å². The van der Waals surface area contributed by atoms with Crippen LogP contribution in [0, 0.1) is 0 Å². The maximum atomic E-state index is 6.07. The van der Waals surface area contributed by atoms with E-state index in [1.165, 1.54) is 16.3 Å². The minimum absolute atomic E-state index is 0.576. The van der Waals surface area contributed by atoms with Gasteiger partial charge >= 0.3 is 0 Å². The lowest BCUT2D eigenvalue weighted by Crippen LogP contribution is -1.99. The van der Waals surface area contributed by atoms with E-state index >= 15 is 0 Å². The summed E-state index contributed by atoms with van der Waals surface area (Å²) < 4.78 is 7.16. The lowest BCUT2D eigenvalue weighted by atomic mass is 10.0. The Hall–Kier alpha value is -1.80. The highest BCUT2D eigenvalue weighted by molar-refractivity contribution is 9.10. The second kappa shape index (κ2) is 6.31. The van der Waals surface area contributed by atoms with Gasteiger partial charge in [0.2, 0.25) is 0 Å². The fourth-order valence-corrected chi connectivity index (χ4v) is 2.99. The number of halogens is 1. The van der Waals surface area contributed by atoms with Crippen molar-refractivity contribution in [3.05, 3.63) is 76.3 Å². The van der Waals surface area contributed by atoms with Gasteiger partial charge in [-0.15, -0.1) is 0 Å². The molecule has 2 heteroatoms. The molecule has 0 saturated heterocycles. The van der Waals surface area contributed by atoms with Crippen molar-refractivity contribution in [3.63, 3.8) is 0 Å². The van der Waals surface area contributed by atoms with E-state index in [0.29, 0.717) is 6.61 Å². The molecule has 0 N–H and O–H groups in total. The Balaban J connectivity index is 1.92. The van der Waals surface area contributed by atoms with E-state index in [4.69, 9.17) is 4.74 Å². The SMILES string of the molecule is CCc1c(OCc2ccccc2Br)ccc2ccccc12. The fourth-order valence-electron chi connectivity index (χ4n) is 2.59. The van der Waals surface area contributed by atoms with Crippen molar-refractivity contribution in [1.82, 2.24) is 0 Å². The van der Waals surface area contributed by atoms with Gasteiger partial charge in [0, 0.05) is 15.6 Å². The predicted molar refractivity (Wildman–Crippen MR) is 91.8 cm³/mol. The molecule has 106 valence electrons. The molecule has 1 nitrogen and oxygen atoms in total. The van der Waals surface area contributed by atoms with Gasteiger partial charge in [0.15, 0.2) is 0 Å². The van der Waals surface area contributed by atoms with Crippen LogP contribution < -0.4 is 4.74 Å². The molecule has 0 bridgehead atoms. The van der Waals surface area contributed by atoms with Crippen molar-refractivity contribution in [1.29, 1.82) is 0 Å². The smallest absolute Gasteiger partial charge is 0.123 e. The van der Waals surface area contributed by atoms with Gasteiger partial charge in [-0.3, -0.25) is 0 Å². The van der Waals surface area contributed by atoms with Gasteiger partial charge in [0.1, 0.15) is 12.4 Å². The first-order valence-electron chi connectivity index (χ1n) is 7.16. The van der Waals surface area contributed by atoms with Gasteiger partial charge < -0.3 is 4.74 Å². The van der Waals surface area contributed by atoms with Gasteiger partial charge in [0.25, 0.3) is 0 Å². The zero-order valence-corrected chi connectivity index (χ0v) is 13.6. The van der Waals surface area contributed by atoms with Crippen molar-refractivity contribution in [2.75, 3.05) is 0 Å². The number of rotatable bonds is 4. The molecule has 3 aromatic carbocycles. The number of fused-ring (bicyclic) bond motifs is 1. The molecule has 0 atom stereocenters. The van der Waals surface area contributed by atoms with Gasteiger partial charge in [0.05, 0.1) is 0 Å². The second-order valence-electron chi connectivity index (χ2n) is 5.00. The van der Waals surface area contributed by atoms with Crippen LogP contribution in [0.25, 0.3) is 10.8 Å². The minimum Gasteiger partial charge on any atom is -0.489 e. The van der Waals surface area contributed by atoms with Gasteiger partial charge in [-0.2, -0.15) is 0 Å². The number of hydrogen-bond acceptors (Lipinski definition) is 1. The maximum absolute atomic E-state index is 6.07. The highest BCUT2D eigenvalue weighted by Gasteiger charge is 2.08. The first kappa shape index (κ1) is 14.2. The van der Waals surface area contributed by atoms with Crippen molar-refractivity contribution in [2.45, 2.75) is 20.0 Å². The van der Waals surface area contributed by atoms with E-state index in [0.717, 1.165) is 22.2 Å². The number of aryl methyl sites for hydroxylation is 1. The molecule has 0 heterocycles. The Morgan fingerprint density at radius 2 is 1.67 bits per heavy atom. The summed E-state index contributed by atoms with van der Waals surface area (Å²) in [7, 11) is 0. The van der Waals surface area contributed by atoms with Crippen LogP contribution in [0.2, 0.25) is 0 Å². The quantitative estimate of drug-likeness (QED) is 0.588. The molecule has 0 aliphatic rings. The molecule has 0 radical (unpaired) electrons. The third kappa shape index (κ3) is 2.96. The molecule has 0 unspecified atom stereocenters. The van der Waals surface area contributed by atoms with Crippen molar-refractivity contribution in [2.24, 2.45) is 0 Å². The molecule has 0 aromatic heterocycles. The van der Waals surface area contributed by atoms with Gasteiger partial charge in [-0.1, -0.05) is 71.4 Å². The lowest BCUT2D eigenvalue weighted by Gasteiger charge is -2.14. The number of ether oxygens (including phenoxy) is 1. The fraction of sp³-hybridized carbons (Fsp3) is 0.158. The third-order valence-corrected chi connectivity index (χ3v) is 4.47. The average Bonchev–Trinajstić information content (AvgIpc) is 2.53. The highest BCUT2D eigenvalue weighted by Crippen LogP contribution is 2.29. The normalized spacial score (nSPS) is 10.8. The van der Waals surface area contributed by atoms with E-state index in [9.17, 15) is 0 Å². The van der Waals surface area contributed by atoms with Crippen LogP contribution in [-0.4, -0.2) is 0 Å². The van der Waals surface area contributed by atoms with Crippen LogP contribution >= 0.6 is 15.9 Å². The van der Waals surface area contributed by atoms with Gasteiger partial charge in [-0.25, -0.2) is 0 Å². The van der Waals surface area contributed by atoms with Crippen LogP contribution in [0.5, 0.6) is 5.75 Å². The average molecular weight is 341 g/mol. The summed E-state index contributed by atoms with van der Waals surface area (Å²) in [6.07, 6.45) is 0.965. The Bertz CT molecular complexity index is 764. The molecule has 3 aromatic rings. The Labute approximate surface area is 133 Å². The van der Waals surface area contributed by atoms with Crippen LogP contribution in [0.4, 0.5) is 0 Å². The molecule has 21 heavy (non-hydrogen) atoms. The topological polar surface area (TPSA) is 9.23 Å². The summed E-state index contributed by atoms with van der Waals surface area (Å²) in [5.74, 6) is 0.979. The lowest BCUT2D eigenvalue weighted by molar-refractivity contribution is 0.303. The molecule has 0 fully saturated rings. The summed E-state index contributed by atoms with van der Waals surface area (Å²) in [6.45, 7) is 2.75. The Morgan fingerprint density at radius 1 is 0.905 bits per heavy atom. The molecule has 0 aliphatic heterocycles. The molecule has 0 spiro atoms. The zero-order valence-electron chi connectivity index (χ0n) is 12.0. The van der Waals surface area contributed by atoms with Gasteiger partial charge in [-0.05, 0) is 29.3 Å². The van der Waals surface area contributed by atoms with E-state index in [1.807, 2.05) is 18.2 Å². The first-order valence-corrected chi connectivity index (χ1v) is 7.95. The largest absolute Gasteiger partial charge is 0.489 e. The summed E-state index contributed by atoms with van der Waals surface area (Å²) >= 11 is 3.57. The highest BCUT2D eigenvalue weighted by atomic mass is 79.9. The second-order valence-corrected chi connectivity index (χ2v) is 5.85. The Kier molecular flexibility index (Phi) is 4.26. The van der Waals surface area contributed by atoms with Crippen LogP contribution in [0.1, 0.15) is 18.1 Å². The standard InChI is InChI=1S/C19H17BrO/c1-2-16-17-9-5-3-7-14(17)11-12-19(16)21-13-15-8-4-6-10-18(15)20/h3-12H,2,13H2,1H3. The number of benzene rings is 3. The summed E-state index contributed by atoms with van der Waals surface area (Å²) in [6, 6.07) is 20.8. The predicted octanol–water partition coefficient (Wildman–Crippen LogP) is 5.74. The maximum Gasteiger partial charge on any atom is 0.123 e. The minimum atomic E-state index is 0.576. The third-order valence-electron chi connectivity index (χ3n) is 3.69. The number of hydrogen-bond donors (Lipinski definition) is 0. The molecule has 0 amide bonds. The monoisotopic (exact) mass is 340 g/mol. The van der Waals surface area contributed by atoms with E-state index in [2.05, 4.69) is 65.3 Å². The first-order chi connectivity index (χ1) is 10.3. The van der Waals surface area contributed by atoms with Crippen molar-refractivity contribution in [3.8, 4) is 5.75 Å². The summed E-state index contributed by atoms with van der Waals surface area (Å²) in [4.78, 5) is 0. The van der Waals surface area contributed by atoms with E-state index in [-0.39, 0.29) is 0 Å². The molecular formula is C19H17BrO. The van der Waals surface area contributed by atoms with E-state index < -0.39 is 0 Å². The molecule has 0 saturated carbocycles. The van der Waals surface area contributed by atoms with E-state index in [1.54, 1.807) is 0 Å². The molecule has 0 aliphatic carbocycles. The molecule has 3 rings (SSSR count). The van der Waals surface area contributed by atoms with Crippen LogP contribution in [0.15, 0.2) is 65.1 Å². The van der Waals surface area contributed by atoms with Crippen molar-refractivity contribution >= 4 is 26.7 Å².